The monoisotopic (exact) mass is 295 g/mol. The van der Waals surface area contributed by atoms with Crippen LogP contribution in [0.1, 0.15) is 39.3 Å². The minimum atomic E-state index is -1.18. The maximum atomic E-state index is 11.9. The van der Waals surface area contributed by atoms with Crippen molar-refractivity contribution in [2.24, 2.45) is 0 Å². The Morgan fingerprint density at radius 3 is 2.47 bits per heavy atom. The second-order valence-electron chi connectivity index (χ2n) is 4.63. The number of rotatable bonds is 3. The Morgan fingerprint density at radius 1 is 1.35 bits per heavy atom. The molecule has 0 amide bonds. The van der Waals surface area contributed by atoms with Crippen molar-refractivity contribution in [2.45, 2.75) is 38.5 Å². The fourth-order valence-corrected chi connectivity index (χ4v) is 2.28. The molecule has 1 heterocycles. The Morgan fingerprint density at radius 2 is 1.94 bits per heavy atom. The molecule has 96 valence electrons. The molecule has 0 aliphatic carbocycles. The van der Waals surface area contributed by atoms with Crippen molar-refractivity contribution in [2.75, 3.05) is 0 Å². The van der Waals surface area contributed by atoms with E-state index in [9.17, 15) is 4.21 Å². The standard InChI is InChI=1S/C10H15Cl2N3OS/c1-6(15-17(16)10(2,3)4)7-5-8(11)13-14-9(7)12/h5-6,15H,1-4H3/t6-,17?/m1/s1. The molecule has 1 N–H and O–H groups in total. The Labute approximate surface area is 114 Å². The molecule has 0 aliphatic rings. The molecule has 0 saturated carbocycles. The van der Waals surface area contributed by atoms with Crippen LogP contribution in [0.3, 0.4) is 0 Å². The van der Waals surface area contributed by atoms with Crippen LogP contribution in [0.4, 0.5) is 0 Å². The van der Waals surface area contributed by atoms with Crippen molar-refractivity contribution in [3.8, 4) is 0 Å². The first-order valence-electron chi connectivity index (χ1n) is 5.08. The van der Waals surface area contributed by atoms with Gasteiger partial charge in [0.1, 0.15) is 0 Å². The predicted octanol–water partition coefficient (Wildman–Crippen LogP) is 2.90. The van der Waals surface area contributed by atoms with Gasteiger partial charge in [-0.15, -0.1) is 10.2 Å². The van der Waals surface area contributed by atoms with E-state index in [0.717, 1.165) is 0 Å². The highest BCUT2D eigenvalue weighted by atomic mass is 35.5. The summed E-state index contributed by atoms with van der Waals surface area (Å²) in [6.07, 6.45) is 0. The van der Waals surface area contributed by atoms with Gasteiger partial charge in [-0.2, -0.15) is 0 Å². The molecule has 0 fully saturated rings. The smallest absolute Gasteiger partial charge is 0.156 e. The van der Waals surface area contributed by atoms with Crippen LogP contribution < -0.4 is 4.72 Å². The van der Waals surface area contributed by atoms with Crippen molar-refractivity contribution in [1.82, 2.24) is 14.9 Å². The lowest BCUT2D eigenvalue weighted by atomic mass is 10.2. The molecule has 0 bridgehead atoms. The van der Waals surface area contributed by atoms with E-state index in [1.807, 2.05) is 27.7 Å². The summed E-state index contributed by atoms with van der Waals surface area (Å²) in [5, 5.41) is 7.87. The van der Waals surface area contributed by atoms with Crippen LogP contribution in [0.25, 0.3) is 0 Å². The lowest BCUT2D eigenvalue weighted by molar-refractivity contribution is 0.615. The van der Waals surface area contributed by atoms with Crippen molar-refractivity contribution in [3.63, 3.8) is 0 Å². The minimum Gasteiger partial charge on any atom is -0.242 e. The van der Waals surface area contributed by atoms with Crippen molar-refractivity contribution < 1.29 is 4.21 Å². The third-order valence-corrected chi connectivity index (χ3v) is 4.21. The van der Waals surface area contributed by atoms with Crippen LogP contribution in [0, 0.1) is 0 Å². The Bertz CT molecular complexity index is 434. The first-order valence-corrected chi connectivity index (χ1v) is 6.99. The summed E-state index contributed by atoms with van der Waals surface area (Å²) in [4.78, 5) is 0. The molecular weight excluding hydrogens is 281 g/mol. The van der Waals surface area contributed by atoms with Gasteiger partial charge in [0.15, 0.2) is 10.3 Å². The number of nitrogens with one attached hydrogen (secondary N) is 1. The molecule has 0 aromatic carbocycles. The number of halogens is 2. The second kappa shape index (κ2) is 5.61. The van der Waals surface area contributed by atoms with Crippen LogP contribution >= 0.6 is 23.2 Å². The Hall–Kier alpha value is -0.230. The molecule has 0 radical (unpaired) electrons. The molecule has 2 atom stereocenters. The molecule has 1 unspecified atom stereocenters. The van der Waals surface area contributed by atoms with E-state index in [2.05, 4.69) is 14.9 Å². The summed E-state index contributed by atoms with van der Waals surface area (Å²) < 4.78 is 14.6. The zero-order valence-electron chi connectivity index (χ0n) is 10.1. The van der Waals surface area contributed by atoms with E-state index in [1.54, 1.807) is 6.07 Å². The van der Waals surface area contributed by atoms with Gasteiger partial charge in [-0.3, -0.25) is 0 Å². The molecule has 7 heteroatoms. The van der Waals surface area contributed by atoms with Crippen molar-refractivity contribution in [3.05, 3.63) is 21.9 Å². The molecular formula is C10H15Cl2N3OS. The van der Waals surface area contributed by atoms with Crippen molar-refractivity contribution in [1.29, 1.82) is 0 Å². The van der Waals surface area contributed by atoms with E-state index >= 15 is 0 Å². The second-order valence-corrected chi connectivity index (χ2v) is 7.38. The number of hydrogen-bond acceptors (Lipinski definition) is 3. The molecule has 1 aromatic rings. The van der Waals surface area contributed by atoms with Gasteiger partial charge in [-0.25, -0.2) is 8.93 Å². The van der Waals surface area contributed by atoms with Gasteiger partial charge in [0.2, 0.25) is 0 Å². The highest BCUT2D eigenvalue weighted by Crippen LogP contribution is 2.23. The summed E-state index contributed by atoms with van der Waals surface area (Å²) in [5.74, 6) is 0. The highest BCUT2D eigenvalue weighted by molar-refractivity contribution is 7.84. The van der Waals surface area contributed by atoms with Gasteiger partial charge in [0.05, 0.1) is 15.7 Å². The molecule has 0 spiro atoms. The fourth-order valence-electron chi connectivity index (χ4n) is 1.07. The summed E-state index contributed by atoms with van der Waals surface area (Å²) in [6.45, 7) is 7.52. The highest BCUT2D eigenvalue weighted by Gasteiger charge is 2.23. The molecule has 4 nitrogen and oxygen atoms in total. The topological polar surface area (TPSA) is 54.9 Å². The van der Waals surface area contributed by atoms with Crippen LogP contribution in [-0.2, 0) is 11.0 Å². The van der Waals surface area contributed by atoms with E-state index in [1.165, 1.54) is 0 Å². The van der Waals surface area contributed by atoms with Gasteiger partial charge >= 0.3 is 0 Å². The van der Waals surface area contributed by atoms with Crippen LogP contribution in [0.15, 0.2) is 6.07 Å². The summed E-state index contributed by atoms with van der Waals surface area (Å²) in [5.41, 5.74) is 0.685. The van der Waals surface area contributed by atoms with Gasteiger partial charge in [0.25, 0.3) is 0 Å². The average Bonchev–Trinajstić information content (AvgIpc) is 2.20. The zero-order chi connectivity index (χ0) is 13.2. The molecule has 0 aliphatic heterocycles. The lowest BCUT2D eigenvalue weighted by Gasteiger charge is -2.22. The maximum absolute atomic E-state index is 11.9. The number of hydrogen-bond donors (Lipinski definition) is 1. The quantitative estimate of drug-likeness (QED) is 0.933. The normalized spacial score (nSPS) is 15.6. The van der Waals surface area contributed by atoms with Crippen LogP contribution in [0.2, 0.25) is 10.3 Å². The third kappa shape index (κ3) is 4.17. The number of nitrogens with zero attached hydrogens (tertiary/aromatic N) is 2. The minimum absolute atomic E-state index is 0.212. The van der Waals surface area contributed by atoms with E-state index in [-0.39, 0.29) is 21.1 Å². The van der Waals surface area contributed by atoms with E-state index in [4.69, 9.17) is 23.2 Å². The maximum Gasteiger partial charge on any atom is 0.156 e. The van der Waals surface area contributed by atoms with Gasteiger partial charge < -0.3 is 0 Å². The molecule has 17 heavy (non-hydrogen) atoms. The molecule has 1 aromatic heterocycles. The molecule has 1 rings (SSSR count). The lowest BCUT2D eigenvalue weighted by Crippen LogP contribution is -2.35. The predicted molar refractivity (Wildman–Crippen MR) is 71.5 cm³/mol. The van der Waals surface area contributed by atoms with Gasteiger partial charge in [-0.05, 0) is 33.8 Å². The van der Waals surface area contributed by atoms with Crippen LogP contribution in [0.5, 0.6) is 0 Å². The zero-order valence-corrected chi connectivity index (χ0v) is 12.4. The summed E-state index contributed by atoms with van der Waals surface area (Å²) in [6, 6.07) is 1.41. The van der Waals surface area contributed by atoms with Crippen LogP contribution in [-0.4, -0.2) is 19.2 Å². The third-order valence-electron chi connectivity index (χ3n) is 2.05. The van der Waals surface area contributed by atoms with Crippen molar-refractivity contribution >= 4 is 34.2 Å². The SMILES string of the molecule is C[C@@H](NS(=O)C(C)(C)C)c1cc(Cl)nnc1Cl. The largest absolute Gasteiger partial charge is 0.242 e. The Balaban J connectivity index is 2.87. The summed E-state index contributed by atoms with van der Waals surface area (Å²) in [7, 11) is -1.18. The summed E-state index contributed by atoms with van der Waals surface area (Å²) >= 11 is 11.7. The van der Waals surface area contributed by atoms with Gasteiger partial charge in [-0.1, -0.05) is 23.2 Å². The Kier molecular flexibility index (Phi) is 4.89. The average molecular weight is 296 g/mol. The van der Waals surface area contributed by atoms with E-state index in [0.29, 0.717) is 5.56 Å². The van der Waals surface area contributed by atoms with Gasteiger partial charge in [0, 0.05) is 11.6 Å². The first-order chi connectivity index (χ1) is 7.71. The first kappa shape index (κ1) is 14.8. The fraction of sp³-hybridized carbons (Fsp3) is 0.600. The van der Waals surface area contributed by atoms with E-state index < -0.39 is 11.0 Å². The number of aromatic nitrogens is 2. The molecule has 0 saturated heterocycles.